The van der Waals surface area contributed by atoms with Gasteiger partial charge in [0.25, 0.3) is 0 Å². The van der Waals surface area contributed by atoms with Gasteiger partial charge in [0.05, 0.1) is 18.2 Å². The molecule has 2 fully saturated rings. The average molecular weight is 290 g/mol. The molecule has 3 rings (SSSR count). The summed E-state index contributed by atoms with van der Waals surface area (Å²) in [7, 11) is 1.68. The molecule has 0 bridgehead atoms. The van der Waals surface area contributed by atoms with Crippen LogP contribution in [0.1, 0.15) is 19.3 Å². The quantitative estimate of drug-likeness (QED) is 0.826. The van der Waals surface area contributed by atoms with Crippen molar-refractivity contribution in [3.05, 3.63) is 18.6 Å². The Morgan fingerprint density at radius 3 is 3.00 bits per heavy atom. The van der Waals surface area contributed by atoms with E-state index in [0.717, 1.165) is 44.7 Å². The number of nitrogens with zero attached hydrogens (tertiary/aromatic N) is 4. The normalized spacial score (nSPS) is 25.9. The van der Waals surface area contributed by atoms with Crippen molar-refractivity contribution in [1.29, 1.82) is 0 Å². The molecule has 1 aromatic heterocycles. The van der Waals surface area contributed by atoms with Crippen molar-refractivity contribution in [2.75, 3.05) is 44.8 Å². The number of methoxy groups -OCH3 is 1. The van der Waals surface area contributed by atoms with Crippen molar-refractivity contribution in [3.8, 4) is 0 Å². The molecule has 114 valence electrons. The molecular weight excluding hydrogens is 268 g/mol. The highest BCUT2D eigenvalue weighted by atomic mass is 16.5. The minimum Gasteiger partial charge on any atom is -0.383 e. The van der Waals surface area contributed by atoms with Crippen molar-refractivity contribution < 1.29 is 9.53 Å². The van der Waals surface area contributed by atoms with Crippen molar-refractivity contribution in [2.24, 2.45) is 5.41 Å². The van der Waals surface area contributed by atoms with Crippen molar-refractivity contribution in [2.45, 2.75) is 19.3 Å². The molecule has 0 saturated carbocycles. The van der Waals surface area contributed by atoms with Gasteiger partial charge in [-0.3, -0.25) is 9.78 Å². The van der Waals surface area contributed by atoms with Crippen LogP contribution in [-0.2, 0) is 9.53 Å². The molecule has 6 nitrogen and oxygen atoms in total. The van der Waals surface area contributed by atoms with Crippen LogP contribution in [0.15, 0.2) is 18.6 Å². The Morgan fingerprint density at radius 1 is 1.33 bits per heavy atom. The van der Waals surface area contributed by atoms with Crippen LogP contribution in [0.3, 0.4) is 0 Å². The van der Waals surface area contributed by atoms with Crippen LogP contribution >= 0.6 is 0 Å². The summed E-state index contributed by atoms with van der Waals surface area (Å²) in [6.07, 6.45) is 8.11. The minimum absolute atomic E-state index is 0.233. The van der Waals surface area contributed by atoms with E-state index in [2.05, 4.69) is 14.9 Å². The summed E-state index contributed by atoms with van der Waals surface area (Å²) >= 11 is 0. The fraction of sp³-hybridized carbons (Fsp3) is 0.667. The SMILES string of the molecule is COCCN1CCCC2(CCN(c3cnccn3)C2)C1=O. The summed E-state index contributed by atoms with van der Waals surface area (Å²) < 4.78 is 5.11. The average Bonchev–Trinajstić information content (AvgIpc) is 2.95. The zero-order valence-corrected chi connectivity index (χ0v) is 12.5. The zero-order chi connectivity index (χ0) is 14.7. The highest BCUT2D eigenvalue weighted by Crippen LogP contribution is 2.41. The molecule has 0 aliphatic carbocycles. The maximum atomic E-state index is 12.8. The first-order valence-electron chi connectivity index (χ1n) is 7.54. The van der Waals surface area contributed by atoms with E-state index < -0.39 is 0 Å². The van der Waals surface area contributed by atoms with Crippen LogP contribution in [0, 0.1) is 5.41 Å². The van der Waals surface area contributed by atoms with Gasteiger partial charge in [-0.05, 0) is 19.3 Å². The van der Waals surface area contributed by atoms with E-state index in [0.29, 0.717) is 13.2 Å². The van der Waals surface area contributed by atoms with Crippen LogP contribution in [-0.4, -0.2) is 60.7 Å². The third-order valence-corrected chi connectivity index (χ3v) is 4.62. The second kappa shape index (κ2) is 5.97. The first-order chi connectivity index (χ1) is 10.2. The van der Waals surface area contributed by atoms with Gasteiger partial charge in [-0.1, -0.05) is 0 Å². The van der Waals surface area contributed by atoms with Gasteiger partial charge in [-0.2, -0.15) is 0 Å². The van der Waals surface area contributed by atoms with Crippen molar-refractivity contribution in [1.82, 2.24) is 14.9 Å². The van der Waals surface area contributed by atoms with Crippen LogP contribution in [0.25, 0.3) is 0 Å². The topological polar surface area (TPSA) is 58.6 Å². The summed E-state index contributed by atoms with van der Waals surface area (Å²) in [6, 6.07) is 0. The third-order valence-electron chi connectivity index (χ3n) is 4.62. The molecule has 1 spiro atoms. The molecule has 1 unspecified atom stereocenters. The van der Waals surface area contributed by atoms with Crippen LogP contribution in [0.4, 0.5) is 5.82 Å². The van der Waals surface area contributed by atoms with E-state index in [1.54, 1.807) is 25.7 Å². The van der Waals surface area contributed by atoms with Gasteiger partial charge >= 0.3 is 0 Å². The summed E-state index contributed by atoms with van der Waals surface area (Å²) in [5, 5.41) is 0. The van der Waals surface area contributed by atoms with E-state index in [1.165, 1.54) is 0 Å². The molecule has 1 aromatic rings. The number of anilines is 1. The Morgan fingerprint density at radius 2 is 2.24 bits per heavy atom. The third kappa shape index (κ3) is 2.72. The minimum atomic E-state index is -0.233. The molecular formula is C15H22N4O2. The van der Waals surface area contributed by atoms with Crippen LogP contribution in [0.2, 0.25) is 0 Å². The fourth-order valence-corrected chi connectivity index (χ4v) is 3.47. The molecule has 0 N–H and O–H groups in total. The summed E-state index contributed by atoms with van der Waals surface area (Å²) in [4.78, 5) is 25.5. The molecule has 0 aromatic carbocycles. The lowest BCUT2D eigenvalue weighted by Gasteiger charge is -2.39. The molecule has 2 saturated heterocycles. The lowest BCUT2D eigenvalue weighted by Crippen LogP contribution is -2.51. The Bertz CT molecular complexity index is 496. The number of hydrogen-bond donors (Lipinski definition) is 0. The number of rotatable bonds is 4. The molecule has 1 atom stereocenters. The monoisotopic (exact) mass is 290 g/mol. The van der Waals surface area contributed by atoms with Gasteiger partial charge < -0.3 is 14.5 Å². The molecule has 2 aliphatic heterocycles. The molecule has 6 heteroatoms. The summed E-state index contributed by atoms with van der Waals surface area (Å²) in [5.74, 6) is 1.16. The zero-order valence-electron chi connectivity index (χ0n) is 12.5. The highest BCUT2D eigenvalue weighted by molar-refractivity contribution is 5.85. The fourth-order valence-electron chi connectivity index (χ4n) is 3.47. The second-order valence-corrected chi connectivity index (χ2v) is 5.90. The maximum Gasteiger partial charge on any atom is 0.230 e. The molecule has 2 aliphatic rings. The molecule has 0 radical (unpaired) electrons. The van der Waals surface area contributed by atoms with Crippen LogP contribution < -0.4 is 4.90 Å². The van der Waals surface area contributed by atoms with Gasteiger partial charge in [0.15, 0.2) is 0 Å². The number of likely N-dealkylation sites (tertiary alicyclic amines) is 1. The van der Waals surface area contributed by atoms with E-state index in [-0.39, 0.29) is 11.3 Å². The van der Waals surface area contributed by atoms with Gasteiger partial charge in [-0.25, -0.2) is 4.98 Å². The molecule has 21 heavy (non-hydrogen) atoms. The number of ether oxygens (including phenoxy) is 1. The first-order valence-corrected chi connectivity index (χ1v) is 7.54. The first kappa shape index (κ1) is 14.3. The number of hydrogen-bond acceptors (Lipinski definition) is 5. The van der Waals surface area contributed by atoms with Crippen LogP contribution in [0.5, 0.6) is 0 Å². The largest absolute Gasteiger partial charge is 0.383 e. The Kier molecular flexibility index (Phi) is 4.05. The number of carbonyl (C=O) groups is 1. The number of piperidine rings is 1. The van der Waals surface area contributed by atoms with E-state index in [4.69, 9.17) is 4.74 Å². The molecule has 1 amide bonds. The van der Waals surface area contributed by atoms with E-state index in [1.807, 2.05) is 4.90 Å². The standard InChI is InChI=1S/C15H22N4O2/c1-21-10-9-18-7-2-3-15(14(18)20)4-8-19(12-15)13-11-16-5-6-17-13/h5-6,11H,2-4,7-10,12H2,1H3. The number of aromatic nitrogens is 2. The summed E-state index contributed by atoms with van der Waals surface area (Å²) in [5.41, 5.74) is -0.233. The summed E-state index contributed by atoms with van der Waals surface area (Å²) in [6.45, 7) is 3.80. The second-order valence-electron chi connectivity index (χ2n) is 5.90. The van der Waals surface area contributed by atoms with Crippen molar-refractivity contribution >= 4 is 11.7 Å². The van der Waals surface area contributed by atoms with E-state index >= 15 is 0 Å². The number of amides is 1. The maximum absolute atomic E-state index is 12.8. The Balaban J connectivity index is 1.71. The van der Waals surface area contributed by atoms with Gasteiger partial charge in [0, 0.05) is 45.7 Å². The lowest BCUT2D eigenvalue weighted by molar-refractivity contribution is -0.145. The van der Waals surface area contributed by atoms with Gasteiger partial charge in [0.1, 0.15) is 5.82 Å². The molecule has 3 heterocycles. The number of carbonyl (C=O) groups excluding carboxylic acids is 1. The Labute approximate surface area is 125 Å². The smallest absolute Gasteiger partial charge is 0.230 e. The van der Waals surface area contributed by atoms with E-state index in [9.17, 15) is 4.79 Å². The predicted molar refractivity (Wildman–Crippen MR) is 79.0 cm³/mol. The highest BCUT2D eigenvalue weighted by Gasteiger charge is 2.48. The Hall–Kier alpha value is -1.69. The lowest BCUT2D eigenvalue weighted by atomic mass is 9.78. The van der Waals surface area contributed by atoms with Crippen molar-refractivity contribution in [3.63, 3.8) is 0 Å². The van der Waals surface area contributed by atoms with Gasteiger partial charge in [-0.15, -0.1) is 0 Å². The van der Waals surface area contributed by atoms with Gasteiger partial charge in [0.2, 0.25) is 5.91 Å². The predicted octanol–water partition coefficient (Wildman–Crippen LogP) is 0.942.